The summed E-state index contributed by atoms with van der Waals surface area (Å²) in [5.74, 6) is 0. The molecule has 1 rings (SSSR count). The van der Waals surface area contributed by atoms with Gasteiger partial charge in [-0.2, -0.15) is 0 Å². The molecule has 0 heterocycles. The minimum absolute atomic E-state index is 0.848. The summed E-state index contributed by atoms with van der Waals surface area (Å²) >= 11 is 0. The van der Waals surface area contributed by atoms with E-state index >= 15 is 0 Å². The van der Waals surface area contributed by atoms with Crippen molar-refractivity contribution in [2.75, 3.05) is 6.54 Å². The van der Waals surface area contributed by atoms with Crippen LogP contribution in [0.2, 0.25) is 0 Å². The van der Waals surface area contributed by atoms with E-state index in [0.29, 0.717) is 0 Å². The fraction of sp³-hybridized carbons (Fsp3) is 0.529. The van der Waals surface area contributed by atoms with Crippen LogP contribution in [0.4, 0.5) is 0 Å². The lowest BCUT2D eigenvalue weighted by molar-refractivity contribution is 0.582. The van der Waals surface area contributed by atoms with Gasteiger partial charge in [0.25, 0.3) is 0 Å². The third kappa shape index (κ3) is 6.61. The van der Waals surface area contributed by atoms with Crippen LogP contribution in [0.1, 0.15) is 56.1 Å². The van der Waals surface area contributed by atoms with E-state index in [2.05, 4.69) is 30.8 Å². The Hall–Kier alpha value is -1.08. The van der Waals surface area contributed by atoms with Gasteiger partial charge in [-0.1, -0.05) is 69.0 Å². The van der Waals surface area contributed by atoms with Gasteiger partial charge in [0.1, 0.15) is 0 Å². The summed E-state index contributed by atoms with van der Waals surface area (Å²) in [4.78, 5) is 0. The molecule has 0 aliphatic heterocycles. The maximum atomic E-state index is 5.47. The summed E-state index contributed by atoms with van der Waals surface area (Å²) in [6, 6.07) is 8.74. The molecular formula is C17H27N. The number of nitrogens with two attached hydrogens (primary N) is 1. The Morgan fingerprint density at radius 1 is 0.833 bits per heavy atom. The Labute approximate surface area is 112 Å². The highest BCUT2D eigenvalue weighted by atomic mass is 14.5. The Balaban J connectivity index is 2.01. The van der Waals surface area contributed by atoms with Crippen LogP contribution in [0.5, 0.6) is 0 Å². The number of rotatable bonds is 10. The summed E-state index contributed by atoms with van der Waals surface area (Å²) < 4.78 is 0. The fourth-order valence-electron chi connectivity index (χ4n) is 2.18. The summed E-state index contributed by atoms with van der Waals surface area (Å²) in [6.45, 7) is 4.62. The molecule has 0 aliphatic rings. The smallest absolute Gasteiger partial charge is 0.00773 e. The molecule has 0 aliphatic carbocycles. The largest absolute Gasteiger partial charge is 0.330 e. The Morgan fingerprint density at radius 3 is 1.94 bits per heavy atom. The van der Waals surface area contributed by atoms with Gasteiger partial charge in [0, 0.05) is 0 Å². The molecule has 2 N–H and O–H groups in total. The molecule has 0 aromatic heterocycles. The van der Waals surface area contributed by atoms with Gasteiger partial charge >= 0.3 is 0 Å². The molecule has 0 bridgehead atoms. The minimum Gasteiger partial charge on any atom is -0.330 e. The zero-order valence-electron chi connectivity index (χ0n) is 11.5. The zero-order chi connectivity index (χ0) is 13.1. The molecule has 0 saturated heterocycles. The first kappa shape index (κ1) is 15.0. The van der Waals surface area contributed by atoms with E-state index in [4.69, 9.17) is 5.73 Å². The van der Waals surface area contributed by atoms with Gasteiger partial charge < -0.3 is 5.73 Å². The van der Waals surface area contributed by atoms with Crippen LogP contribution in [-0.4, -0.2) is 6.54 Å². The lowest BCUT2D eigenvalue weighted by atomic mass is 10.0. The lowest BCUT2D eigenvalue weighted by Crippen LogP contribution is -1.97. The first-order valence-electron chi connectivity index (χ1n) is 7.28. The topological polar surface area (TPSA) is 26.0 Å². The van der Waals surface area contributed by atoms with Gasteiger partial charge in [-0.05, 0) is 36.9 Å². The van der Waals surface area contributed by atoms with Gasteiger partial charge in [-0.3, -0.25) is 0 Å². The first-order valence-corrected chi connectivity index (χ1v) is 7.28. The molecule has 0 radical (unpaired) electrons. The van der Waals surface area contributed by atoms with Crippen molar-refractivity contribution < 1.29 is 0 Å². The number of aryl methyl sites for hydroxylation is 1. The first-order chi connectivity index (χ1) is 8.86. The maximum Gasteiger partial charge on any atom is -0.00773 e. The molecule has 1 nitrogen and oxygen atoms in total. The number of benzene rings is 1. The van der Waals surface area contributed by atoms with Crippen LogP contribution in [-0.2, 0) is 6.42 Å². The second-order valence-corrected chi connectivity index (χ2v) is 4.96. The summed E-state index contributed by atoms with van der Waals surface area (Å²) in [7, 11) is 0. The second kappa shape index (κ2) is 9.90. The van der Waals surface area contributed by atoms with E-state index in [9.17, 15) is 0 Å². The molecule has 1 heteroatoms. The molecule has 18 heavy (non-hydrogen) atoms. The number of hydrogen-bond acceptors (Lipinski definition) is 1. The van der Waals surface area contributed by atoms with Gasteiger partial charge in [0.05, 0.1) is 0 Å². The van der Waals surface area contributed by atoms with Gasteiger partial charge in [-0.15, -0.1) is 0 Å². The van der Waals surface area contributed by atoms with Crippen LogP contribution in [0.15, 0.2) is 30.8 Å². The quantitative estimate of drug-likeness (QED) is 0.601. The standard InChI is InChI=1S/C17H27N/c1-2-16-11-13-17(14-12-16)10-8-6-4-3-5-7-9-15-18/h2,11-14H,1,3-10,15,18H2. The van der Waals surface area contributed by atoms with Crippen LogP contribution >= 0.6 is 0 Å². The van der Waals surface area contributed by atoms with Crippen molar-refractivity contribution in [2.45, 2.75) is 51.4 Å². The van der Waals surface area contributed by atoms with Crippen molar-refractivity contribution in [3.05, 3.63) is 42.0 Å². The van der Waals surface area contributed by atoms with E-state index < -0.39 is 0 Å². The summed E-state index contributed by atoms with van der Waals surface area (Å²) in [6.07, 6.45) is 12.4. The number of unbranched alkanes of at least 4 members (excludes halogenated alkanes) is 6. The Kier molecular flexibility index (Phi) is 8.24. The van der Waals surface area contributed by atoms with E-state index in [1.54, 1.807) is 0 Å². The predicted molar refractivity (Wildman–Crippen MR) is 81.6 cm³/mol. The van der Waals surface area contributed by atoms with E-state index in [0.717, 1.165) is 6.54 Å². The van der Waals surface area contributed by atoms with Crippen LogP contribution in [0.3, 0.4) is 0 Å². The third-order valence-electron chi connectivity index (χ3n) is 3.38. The molecule has 0 spiro atoms. The summed E-state index contributed by atoms with van der Waals surface area (Å²) in [5.41, 5.74) is 8.12. The monoisotopic (exact) mass is 245 g/mol. The van der Waals surface area contributed by atoms with Gasteiger partial charge in [0.15, 0.2) is 0 Å². The van der Waals surface area contributed by atoms with Crippen molar-refractivity contribution >= 4 is 6.08 Å². The predicted octanol–water partition coefficient (Wildman–Crippen LogP) is 4.56. The Bertz CT molecular complexity index is 313. The van der Waals surface area contributed by atoms with Crippen molar-refractivity contribution in [3.8, 4) is 0 Å². The molecule has 0 atom stereocenters. The zero-order valence-corrected chi connectivity index (χ0v) is 11.5. The van der Waals surface area contributed by atoms with Crippen molar-refractivity contribution in [2.24, 2.45) is 5.73 Å². The van der Waals surface area contributed by atoms with E-state index in [1.165, 1.54) is 62.5 Å². The van der Waals surface area contributed by atoms with Gasteiger partial charge in [-0.25, -0.2) is 0 Å². The normalized spacial score (nSPS) is 10.5. The summed E-state index contributed by atoms with van der Waals surface area (Å²) in [5, 5.41) is 0. The molecule has 100 valence electrons. The molecule has 0 fully saturated rings. The van der Waals surface area contributed by atoms with Crippen molar-refractivity contribution in [3.63, 3.8) is 0 Å². The average Bonchev–Trinajstić information content (AvgIpc) is 2.42. The minimum atomic E-state index is 0.848. The third-order valence-corrected chi connectivity index (χ3v) is 3.38. The number of hydrogen-bond donors (Lipinski definition) is 1. The highest BCUT2D eigenvalue weighted by Crippen LogP contribution is 2.11. The Morgan fingerprint density at radius 2 is 1.39 bits per heavy atom. The van der Waals surface area contributed by atoms with Crippen molar-refractivity contribution in [1.29, 1.82) is 0 Å². The lowest BCUT2D eigenvalue weighted by Gasteiger charge is -2.03. The van der Waals surface area contributed by atoms with Gasteiger partial charge in [0.2, 0.25) is 0 Å². The molecule has 0 amide bonds. The van der Waals surface area contributed by atoms with Crippen molar-refractivity contribution in [1.82, 2.24) is 0 Å². The molecule has 0 unspecified atom stereocenters. The van der Waals surface area contributed by atoms with Crippen LogP contribution in [0, 0.1) is 0 Å². The highest BCUT2D eigenvalue weighted by Gasteiger charge is 1.94. The maximum absolute atomic E-state index is 5.47. The molecule has 1 aromatic carbocycles. The highest BCUT2D eigenvalue weighted by molar-refractivity contribution is 5.47. The molecular weight excluding hydrogens is 218 g/mol. The van der Waals surface area contributed by atoms with E-state index in [-0.39, 0.29) is 0 Å². The SMILES string of the molecule is C=Cc1ccc(CCCCCCCCCN)cc1. The fourth-order valence-corrected chi connectivity index (χ4v) is 2.18. The second-order valence-electron chi connectivity index (χ2n) is 4.96. The molecule has 0 saturated carbocycles. The van der Waals surface area contributed by atoms with Crippen LogP contribution in [0.25, 0.3) is 6.08 Å². The van der Waals surface area contributed by atoms with E-state index in [1.807, 2.05) is 6.08 Å². The average molecular weight is 245 g/mol. The van der Waals surface area contributed by atoms with Crippen LogP contribution < -0.4 is 5.73 Å². The molecule has 1 aromatic rings.